The van der Waals surface area contributed by atoms with Crippen LogP contribution >= 0.6 is 0 Å². The number of aliphatic hydroxyl groups excluding tert-OH is 1. The van der Waals surface area contributed by atoms with Crippen molar-refractivity contribution in [2.75, 3.05) is 13.2 Å². The van der Waals surface area contributed by atoms with Crippen LogP contribution in [0.5, 0.6) is 0 Å². The van der Waals surface area contributed by atoms with Gasteiger partial charge in [0, 0.05) is 6.61 Å². The van der Waals surface area contributed by atoms with E-state index in [0.29, 0.717) is 6.61 Å². The van der Waals surface area contributed by atoms with E-state index < -0.39 is 0 Å². The summed E-state index contributed by atoms with van der Waals surface area (Å²) in [5, 5.41) is 8.57. The molecule has 2 heteroatoms. The van der Waals surface area contributed by atoms with Gasteiger partial charge in [-0.05, 0) is 25.3 Å². The Morgan fingerprint density at radius 1 is 1.08 bits per heavy atom. The highest BCUT2D eigenvalue weighted by Gasteiger charge is 2.02. The molecule has 0 aromatic carbocycles. The number of nitrogens with two attached hydrogens (primary N) is 1. The maximum Gasteiger partial charge on any atom is 0.0431 e. The molecule has 2 nitrogen and oxygen atoms in total. The number of rotatable bonds is 9. The first-order chi connectivity index (χ1) is 6.35. The highest BCUT2D eigenvalue weighted by Crippen LogP contribution is 2.13. The van der Waals surface area contributed by atoms with Crippen molar-refractivity contribution in [3.8, 4) is 0 Å². The van der Waals surface area contributed by atoms with Gasteiger partial charge in [-0.2, -0.15) is 0 Å². The molecule has 0 radical (unpaired) electrons. The van der Waals surface area contributed by atoms with Crippen LogP contribution in [-0.4, -0.2) is 18.3 Å². The molecule has 0 aliphatic carbocycles. The third-order valence-electron chi connectivity index (χ3n) is 2.68. The van der Waals surface area contributed by atoms with Gasteiger partial charge in [0.05, 0.1) is 0 Å². The highest BCUT2D eigenvalue weighted by atomic mass is 16.2. The van der Waals surface area contributed by atoms with E-state index in [1.807, 2.05) is 0 Å². The van der Waals surface area contributed by atoms with Crippen molar-refractivity contribution in [1.29, 1.82) is 0 Å². The average Bonchev–Trinajstić information content (AvgIpc) is 2.17. The number of hydrogen-bond donors (Lipinski definition) is 2. The van der Waals surface area contributed by atoms with Gasteiger partial charge in [0.15, 0.2) is 0 Å². The van der Waals surface area contributed by atoms with E-state index in [4.69, 9.17) is 10.8 Å². The van der Waals surface area contributed by atoms with Gasteiger partial charge >= 0.3 is 0 Å². The molecule has 0 aromatic heterocycles. The molecule has 13 heavy (non-hydrogen) atoms. The molecule has 80 valence electrons. The van der Waals surface area contributed by atoms with E-state index in [9.17, 15) is 0 Å². The monoisotopic (exact) mass is 187 g/mol. The molecule has 0 rings (SSSR count). The average molecular weight is 187 g/mol. The molecule has 0 heterocycles. The van der Waals surface area contributed by atoms with Crippen molar-refractivity contribution in [3.63, 3.8) is 0 Å². The van der Waals surface area contributed by atoms with E-state index in [1.54, 1.807) is 0 Å². The lowest BCUT2D eigenvalue weighted by atomic mass is 9.98. The predicted octanol–water partition coefficient (Wildman–Crippen LogP) is 2.30. The summed E-state index contributed by atoms with van der Waals surface area (Å²) in [5.74, 6) is 0.734. The summed E-state index contributed by atoms with van der Waals surface area (Å²) in [7, 11) is 0. The second-order valence-electron chi connectivity index (χ2n) is 3.79. The third kappa shape index (κ3) is 8.26. The van der Waals surface area contributed by atoms with E-state index in [2.05, 4.69) is 6.92 Å². The highest BCUT2D eigenvalue weighted by molar-refractivity contribution is 4.57. The summed E-state index contributed by atoms with van der Waals surface area (Å²) in [6.45, 7) is 3.40. The lowest BCUT2D eigenvalue weighted by Crippen LogP contribution is -2.13. The summed E-state index contributed by atoms with van der Waals surface area (Å²) in [6.07, 6.45) is 8.52. The van der Waals surface area contributed by atoms with Crippen molar-refractivity contribution in [1.82, 2.24) is 0 Å². The Hall–Kier alpha value is -0.0800. The summed E-state index contributed by atoms with van der Waals surface area (Å²) >= 11 is 0. The third-order valence-corrected chi connectivity index (χ3v) is 2.68. The molecule has 0 aromatic rings. The van der Waals surface area contributed by atoms with Crippen molar-refractivity contribution < 1.29 is 5.11 Å². The Morgan fingerprint density at radius 3 is 2.23 bits per heavy atom. The molecule has 1 unspecified atom stereocenters. The van der Waals surface area contributed by atoms with Gasteiger partial charge in [-0.15, -0.1) is 0 Å². The lowest BCUT2D eigenvalue weighted by Gasteiger charge is -2.10. The smallest absolute Gasteiger partial charge is 0.0431 e. The fourth-order valence-corrected chi connectivity index (χ4v) is 1.56. The number of aliphatic hydroxyl groups is 1. The van der Waals surface area contributed by atoms with Crippen molar-refractivity contribution in [2.45, 2.75) is 51.9 Å². The minimum atomic E-state index is 0.348. The van der Waals surface area contributed by atoms with Gasteiger partial charge in [-0.1, -0.05) is 39.0 Å². The molecule has 3 N–H and O–H groups in total. The summed E-state index contributed by atoms with van der Waals surface area (Å²) in [5.41, 5.74) is 5.61. The zero-order valence-electron chi connectivity index (χ0n) is 8.97. The van der Waals surface area contributed by atoms with Crippen LogP contribution in [0, 0.1) is 5.92 Å². The molecule has 1 atom stereocenters. The molecule has 0 aliphatic rings. The fraction of sp³-hybridized carbons (Fsp3) is 1.00. The second kappa shape index (κ2) is 10.0. The van der Waals surface area contributed by atoms with Crippen LogP contribution in [0.15, 0.2) is 0 Å². The Morgan fingerprint density at radius 2 is 1.69 bits per heavy atom. The molecule has 0 saturated heterocycles. The number of unbranched alkanes of at least 4 members (excludes halogenated alkanes) is 4. The minimum absolute atomic E-state index is 0.348. The topological polar surface area (TPSA) is 46.2 Å². The van der Waals surface area contributed by atoms with Gasteiger partial charge in [0.25, 0.3) is 0 Å². The number of hydrogen-bond acceptors (Lipinski definition) is 2. The summed E-state index contributed by atoms with van der Waals surface area (Å²) < 4.78 is 0. The van der Waals surface area contributed by atoms with Crippen LogP contribution in [0.2, 0.25) is 0 Å². The quantitative estimate of drug-likeness (QED) is 0.544. The summed E-state index contributed by atoms with van der Waals surface area (Å²) in [6, 6.07) is 0. The van der Waals surface area contributed by atoms with Gasteiger partial charge in [0.1, 0.15) is 0 Å². The van der Waals surface area contributed by atoms with Crippen LogP contribution in [-0.2, 0) is 0 Å². The normalized spacial score (nSPS) is 13.2. The Bertz CT molecular complexity index is 92.1. The van der Waals surface area contributed by atoms with Crippen LogP contribution in [0.1, 0.15) is 51.9 Å². The van der Waals surface area contributed by atoms with Gasteiger partial charge < -0.3 is 10.8 Å². The van der Waals surface area contributed by atoms with Crippen molar-refractivity contribution in [3.05, 3.63) is 0 Å². The second-order valence-corrected chi connectivity index (χ2v) is 3.79. The van der Waals surface area contributed by atoms with E-state index in [-0.39, 0.29) is 0 Å². The molecule has 0 fully saturated rings. The van der Waals surface area contributed by atoms with E-state index in [1.165, 1.54) is 38.5 Å². The van der Waals surface area contributed by atoms with Crippen LogP contribution in [0.25, 0.3) is 0 Å². The minimum Gasteiger partial charge on any atom is -0.396 e. The zero-order chi connectivity index (χ0) is 9.94. The molecular weight excluding hydrogens is 162 g/mol. The Kier molecular flexibility index (Phi) is 9.94. The van der Waals surface area contributed by atoms with E-state index >= 15 is 0 Å². The Balaban J connectivity index is 3.05. The molecular formula is C11H25NO. The molecule has 0 bridgehead atoms. The van der Waals surface area contributed by atoms with Gasteiger partial charge in [-0.25, -0.2) is 0 Å². The van der Waals surface area contributed by atoms with Gasteiger partial charge in [-0.3, -0.25) is 0 Å². The molecule has 0 amide bonds. The van der Waals surface area contributed by atoms with Crippen molar-refractivity contribution in [2.24, 2.45) is 11.7 Å². The first kappa shape index (κ1) is 12.9. The Labute approximate surface area is 82.5 Å². The first-order valence-electron chi connectivity index (χ1n) is 5.66. The molecule has 0 saturated carbocycles. The SMILES string of the molecule is CCC(CN)CCCCCCCO. The van der Waals surface area contributed by atoms with Gasteiger partial charge in [0.2, 0.25) is 0 Å². The predicted molar refractivity (Wildman–Crippen MR) is 57.6 cm³/mol. The maximum absolute atomic E-state index is 8.57. The zero-order valence-corrected chi connectivity index (χ0v) is 8.97. The molecule has 0 aliphatic heterocycles. The fourth-order valence-electron chi connectivity index (χ4n) is 1.56. The molecule has 0 spiro atoms. The first-order valence-corrected chi connectivity index (χ1v) is 5.66. The van der Waals surface area contributed by atoms with Crippen LogP contribution < -0.4 is 5.73 Å². The van der Waals surface area contributed by atoms with Crippen LogP contribution in [0.4, 0.5) is 0 Å². The van der Waals surface area contributed by atoms with Crippen LogP contribution in [0.3, 0.4) is 0 Å². The van der Waals surface area contributed by atoms with E-state index in [0.717, 1.165) is 18.9 Å². The lowest BCUT2D eigenvalue weighted by molar-refractivity contribution is 0.282. The summed E-state index contributed by atoms with van der Waals surface area (Å²) in [4.78, 5) is 0. The van der Waals surface area contributed by atoms with Crippen molar-refractivity contribution >= 4 is 0 Å². The largest absolute Gasteiger partial charge is 0.396 e. The maximum atomic E-state index is 8.57. The standard InChI is InChI=1S/C11H25NO/c1-2-11(10-12)8-6-4-3-5-7-9-13/h11,13H,2-10,12H2,1H3.